The van der Waals surface area contributed by atoms with Crippen molar-refractivity contribution in [1.82, 2.24) is 25.4 Å². The predicted molar refractivity (Wildman–Crippen MR) is 99.2 cm³/mol. The molecular weight excluding hydrogens is 354 g/mol. The number of furan rings is 1. The molecule has 136 valence electrons. The van der Waals surface area contributed by atoms with Crippen LogP contribution in [0.3, 0.4) is 0 Å². The fourth-order valence-corrected chi connectivity index (χ4v) is 3.10. The molecule has 1 aliphatic rings. The molecule has 3 aromatic rings. The largest absolute Gasteiger partial charge is 0.460 e. The van der Waals surface area contributed by atoms with Gasteiger partial charge in [0, 0.05) is 38.1 Å². The summed E-state index contributed by atoms with van der Waals surface area (Å²) in [5.74, 6) is 1.39. The number of halogens is 1. The lowest BCUT2D eigenvalue weighted by Gasteiger charge is -2.35. The third-order valence-corrected chi connectivity index (χ3v) is 4.38. The molecule has 0 radical (unpaired) electrons. The van der Waals surface area contributed by atoms with Gasteiger partial charge in [0.15, 0.2) is 11.5 Å². The quantitative estimate of drug-likeness (QED) is 0.736. The van der Waals surface area contributed by atoms with E-state index in [2.05, 4.69) is 20.5 Å². The highest BCUT2D eigenvalue weighted by atomic mass is 35.5. The van der Waals surface area contributed by atoms with E-state index >= 15 is 0 Å². The van der Waals surface area contributed by atoms with Crippen molar-refractivity contribution in [2.24, 2.45) is 0 Å². The van der Waals surface area contributed by atoms with E-state index in [1.54, 1.807) is 18.5 Å². The minimum absolute atomic E-state index is 0. The molecule has 0 saturated carbocycles. The maximum absolute atomic E-state index is 13.0. The van der Waals surface area contributed by atoms with Crippen molar-refractivity contribution in [3.05, 3.63) is 59.7 Å². The van der Waals surface area contributed by atoms with Gasteiger partial charge < -0.3 is 14.6 Å². The van der Waals surface area contributed by atoms with Crippen LogP contribution in [-0.4, -0.2) is 45.6 Å². The number of nitrogens with one attached hydrogen (secondary N) is 2. The second-order valence-corrected chi connectivity index (χ2v) is 6.08. The zero-order valence-electron chi connectivity index (χ0n) is 14.3. The first-order valence-corrected chi connectivity index (χ1v) is 8.26. The van der Waals surface area contributed by atoms with Crippen LogP contribution in [0.15, 0.2) is 47.1 Å². The molecule has 3 aromatic heterocycles. The highest BCUT2D eigenvalue weighted by Crippen LogP contribution is 2.25. The fourth-order valence-electron chi connectivity index (χ4n) is 3.10. The second kappa shape index (κ2) is 7.72. The topological polar surface area (TPSA) is 87.0 Å². The number of pyridine rings is 1. The number of aryl methyl sites for hydroxylation is 1. The molecule has 0 aliphatic carbocycles. The smallest absolute Gasteiger partial charge is 0.274 e. The molecule has 4 rings (SSSR count). The Labute approximate surface area is 157 Å². The monoisotopic (exact) mass is 373 g/mol. The third kappa shape index (κ3) is 3.49. The summed E-state index contributed by atoms with van der Waals surface area (Å²) in [5, 5.41) is 10.4. The maximum atomic E-state index is 13.0. The number of carbonyl (C=O) groups excluding carboxylic acids is 1. The van der Waals surface area contributed by atoms with E-state index in [9.17, 15) is 4.79 Å². The van der Waals surface area contributed by atoms with Crippen LogP contribution >= 0.6 is 12.4 Å². The van der Waals surface area contributed by atoms with Crippen molar-refractivity contribution in [2.45, 2.75) is 13.0 Å². The van der Waals surface area contributed by atoms with E-state index in [1.165, 1.54) is 0 Å². The molecule has 1 fully saturated rings. The highest BCUT2D eigenvalue weighted by Gasteiger charge is 2.30. The van der Waals surface area contributed by atoms with Crippen molar-refractivity contribution in [2.75, 3.05) is 19.6 Å². The second-order valence-electron chi connectivity index (χ2n) is 6.08. The fraction of sp³-hybridized carbons (Fsp3) is 0.278. The zero-order valence-corrected chi connectivity index (χ0v) is 15.1. The number of carbonyl (C=O) groups is 1. The van der Waals surface area contributed by atoms with Crippen molar-refractivity contribution in [3.63, 3.8) is 0 Å². The summed E-state index contributed by atoms with van der Waals surface area (Å²) < 4.78 is 5.58. The predicted octanol–water partition coefficient (Wildman–Crippen LogP) is 2.58. The van der Waals surface area contributed by atoms with Gasteiger partial charge in [-0.3, -0.25) is 14.9 Å². The normalized spacial score (nSPS) is 17.0. The van der Waals surface area contributed by atoms with E-state index in [0.29, 0.717) is 30.2 Å². The zero-order chi connectivity index (χ0) is 17.2. The maximum Gasteiger partial charge on any atom is 0.274 e. The van der Waals surface area contributed by atoms with Crippen LogP contribution < -0.4 is 5.32 Å². The molecule has 4 heterocycles. The molecule has 1 aliphatic heterocycles. The molecule has 2 N–H and O–H groups in total. The first-order chi connectivity index (χ1) is 12.2. The van der Waals surface area contributed by atoms with Gasteiger partial charge in [0.1, 0.15) is 11.5 Å². The minimum atomic E-state index is -0.0962. The molecule has 1 saturated heterocycles. The summed E-state index contributed by atoms with van der Waals surface area (Å²) in [6.07, 6.45) is 3.54. The average molecular weight is 374 g/mol. The molecule has 0 aromatic carbocycles. The van der Waals surface area contributed by atoms with Gasteiger partial charge >= 0.3 is 0 Å². The molecule has 1 atom stereocenters. The van der Waals surface area contributed by atoms with Gasteiger partial charge in [-0.2, -0.15) is 5.10 Å². The molecule has 0 spiro atoms. The van der Waals surface area contributed by atoms with Gasteiger partial charge in [-0.05, 0) is 30.7 Å². The number of amides is 1. The summed E-state index contributed by atoms with van der Waals surface area (Å²) in [6, 6.07) is 9.31. The number of nitrogens with zero attached hydrogens (tertiary/aromatic N) is 3. The Balaban J connectivity index is 0.00000196. The van der Waals surface area contributed by atoms with Crippen LogP contribution in [0.25, 0.3) is 11.5 Å². The molecule has 0 bridgehead atoms. The van der Waals surface area contributed by atoms with E-state index in [-0.39, 0.29) is 24.4 Å². The van der Waals surface area contributed by atoms with Gasteiger partial charge in [-0.25, -0.2) is 0 Å². The summed E-state index contributed by atoms with van der Waals surface area (Å²) in [5.41, 5.74) is 2.10. The van der Waals surface area contributed by atoms with Gasteiger partial charge in [0.2, 0.25) is 0 Å². The minimum Gasteiger partial charge on any atom is -0.460 e. The average Bonchev–Trinajstić information content (AvgIpc) is 3.31. The molecule has 8 heteroatoms. The van der Waals surface area contributed by atoms with Crippen LogP contribution in [-0.2, 0) is 0 Å². The van der Waals surface area contributed by atoms with E-state index in [0.717, 1.165) is 17.9 Å². The molecular formula is C18H20ClN5O2. The Morgan fingerprint density at radius 3 is 2.96 bits per heavy atom. The van der Waals surface area contributed by atoms with Crippen LogP contribution in [0.1, 0.15) is 27.9 Å². The summed E-state index contributed by atoms with van der Waals surface area (Å²) in [7, 11) is 0. The standard InChI is InChI=1S/C18H19N5O2.ClH/c1-12-4-5-17(25-12)14-9-15(22-21-14)18(24)23-8-7-20-11-16(23)13-3-2-6-19-10-13;/h2-6,9-10,16,20H,7-8,11H2,1H3,(H,21,22);1H. The first kappa shape index (κ1) is 18.2. The Kier molecular flexibility index (Phi) is 5.39. The third-order valence-electron chi connectivity index (χ3n) is 4.38. The van der Waals surface area contributed by atoms with Gasteiger partial charge in [0.05, 0.1) is 6.04 Å². The highest BCUT2D eigenvalue weighted by molar-refractivity contribution is 5.93. The Bertz CT molecular complexity index is 877. The number of H-pyrrole nitrogens is 1. The lowest BCUT2D eigenvalue weighted by molar-refractivity contribution is 0.0628. The van der Waals surface area contributed by atoms with Gasteiger partial charge in [-0.1, -0.05) is 6.07 Å². The van der Waals surface area contributed by atoms with Crippen LogP contribution in [0.5, 0.6) is 0 Å². The summed E-state index contributed by atoms with van der Waals surface area (Å²) in [4.78, 5) is 19.0. The van der Waals surface area contributed by atoms with Crippen LogP contribution in [0, 0.1) is 6.92 Å². The number of hydrogen-bond acceptors (Lipinski definition) is 5. The van der Waals surface area contributed by atoms with Gasteiger partial charge in [0.25, 0.3) is 5.91 Å². The lowest BCUT2D eigenvalue weighted by atomic mass is 10.0. The first-order valence-electron chi connectivity index (χ1n) is 8.26. The molecule has 1 unspecified atom stereocenters. The number of hydrogen-bond donors (Lipinski definition) is 2. The number of rotatable bonds is 3. The SMILES string of the molecule is Cc1ccc(-c2cc(C(=O)N3CCNCC3c3cccnc3)n[nH]2)o1.Cl. The Hall–Kier alpha value is -2.64. The molecule has 7 nitrogen and oxygen atoms in total. The van der Waals surface area contributed by atoms with E-state index in [1.807, 2.05) is 36.1 Å². The van der Waals surface area contributed by atoms with Crippen molar-refractivity contribution < 1.29 is 9.21 Å². The lowest BCUT2D eigenvalue weighted by Crippen LogP contribution is -2.48. The van der Waals surface area contributed by atoms with Gasteiger partial charge in [-0.15, -0.1) is 12.4 Å². The molecule has 26 heavy (non-hydrogen) atoms. The number of aromatic nitrogens is 3. The number of aromatic amines is 1. The Morgan fingerprint density at radius 2 is 2.23 bits per heavy atom. The summed E-state index contributed by atoms with van der Waals surface area (Å²) >= 11 is 0. The van der Waals surface area contributed by atoms with E-state index in [4.69, 9.17) is 4.42 Å². The van der Waals surface area contributed by atoms with Crippen LogP contribution in [0.4, 0.5) is 0 Å². The van der Waals surface area contributed by atoms with Crippen molar-refractivity contribution >= 4 is 18.3 Å². The summed E-state index contributed by atoms with van der Waals surface area (Å²) in [6.45, 7) is 3.97. The Morgan fingerprint density at radius 1 is 1.35 bits per heavy atom. The van der Waals surface area contributed by atoms with Crippen LogP contribution in [0.2, 0.25) is 0 Å². The molecule has 1 amide bonds. The number of piperazine rings is 1. The van der Waals surface area contributed by atoms with E-state index < -0.39 is 0 Å². The van der Waals surface area contributed by atoms with Crippen molar-refractivity contribution in [3.8, 4) is 11.5 Å². The van der Waals surface area contributed by atoms with Crippen molar-refractivity contribution in [1.29, 1.82) is 0 Å².